The number of carbonyl (C=O) groups excluding carboxylic acids is 1. The highest BCUT2D eigenvalue weighted by atomic mass is 16.6. The Hall–Kier alpha value is -3.23. The summed E-state index contributed by atoms with van der Waals surface area (Å²) in [5, 5.41) is 22.3. The molecule has 0 bridgehead atoms. The third-order valence-electron chi connectivity index (χ3n) is 6.36. The Kier molecular flexibility index (Phi) is 4.22. The van der Waals surface area contributed by atoms with Gasteiger partial charge in [-0.2, -0.15) is 0 Å². The Balaban J connectivity index is 1.83. The van der Waals surface area contributed by atoms with Gasteiger partial charge in [-0.05, 0) is 43.2 Å². The van der Waals surface area contributed by atoms with Gasteiger partial charge in [0.1, 0.15) is 12.4 Å². The number of hydrogen-bond acceptors (Lipinski definition) is 7. The first kappa shape index (κ1) is 19.7. The van der Waals surface area contributed by atoms with Crippen molar-refractivity contribution in [3.8, 4) is 17.1 Å². The molecule has 31 heavy (non-hydrogen) atoms. The molecular weight excluding hydrogens is 400 g/mol. The maximum atomic E-state index is 13.3. The molecule has 2 aliphatic rings. The quantitative estimate of drug-likeness (QED) is 0.487. The number of fused-ring (bicyclic) bond motifs is 5. The zero-order valence-electron chi connectivity index (χ0n) is 17.4. The van der Waals surface area contributed by atoms with Crippen LogP contribution in [0.5, 0.6) is 5.75 Å². The van der Waals surface area contributed by atoms with Crippen LogP contribution >= 0.6 is 0 Å². The number of cyclic esters (lactones) is 1. The third-order valence-corrected chi connectivity index (χ3v) is 6.36. The summed E-state index contributed by atoms with van der Waals surface area (Å²) in [6, 6.07) is 7.08. The van der Waals surface area contributed by atoms with Gasteiger partial charge in [-0.15, -0.1) is 0 Å². The minimum absolute atomic E-state index is 0.0818. The fourth-order valence-corrected chi connectivity index (χ4v) is 4.69. The molecule has 2 aromatic heterocycles. The van der Waals surface area contributed by atoms with E-state index in [1.165, 1.54) is 0 Å². The minimum atomic E-state index is -1.87. The normalized spacial score (nSPS) is 20.1. The fraction of sp³-hybridized carbons (Fsp3) is 0.348. The molecule has 4 heterocycles. The molecule has 0 aliphatic carbocycles. The van der Waals surface area contributed by atoms with Crippen LogP contribution in [0.25, 0.3) is 22.3 Å². The Bertz CT molecular complexity index is 1330. The van der Waals surface area contributed by atoms with Crippen LogP contribution in [0.15, 0.2) is 29.1 Å². The molecule has 0 fully saturated rings. The van der Waals surface area contributed by atoms with Crippen molar-refractivity contribution >= 4 is 16.9 Å². The van der Waals surface area contributed by atoms with Gasteiger partial charge in [0, 0.05) is 16.5 Å². The van der Waals surface area contributed by atoms with Crippen molar-refractivity contribution in [3.05, 3.63) is 56.9 Å². The number of esters is 1. The number of benzene rings is 1. The van der Waals surface area contributed by atoms with E-state index < -0.39 is 17.7 Å². The van der Waals surface area contributed by atoms with Crippen LogP contribution in [-0.4, -0.2) is 32.8 Å². The van der Waals surface area contributed by atoms with Crippen LogP contribution in [0.4, 0.5) is 0 Å². The van der Waals surface area contributed by atoms with Gasteiger partial charge >= 0.3 is 5.97 Å². The van der Waals surface area contributed by atoms with Gasteiger partial charge in [-0.1, -0.05) is 6.92 Å². The van der Waals surface area contributed by atoms with Gasteiger partial charge in [0.05, 0.1) is 42.2 Å². The van der Waals surface area contributed by atoms with Gasteiger partial charge < -0.3 is 24.3 Å². The molecule has 3 aromatic rings. The lowest BCUT2D eigenvalue weighted by atomic mass is 9.86. The summed E-state index contributed by atoms with van der Waals surface area (Å²) in [7, 11) is 1.57. The maximum Gasteiger partial charge on any atom is 0.343 e. The Morgan fingerprint density at radius 3 is 2.74 bits per heavy atom. The van der Waals surface area contributed by atoms with E-state index in [9.17, 15) is 19.8 Å². The molecule has 5 rings (SSSR count). The zero-order chi connectivity index (χ0) is 22.1. The zero-order valence-corrected chi connectivity index (χ0v) is 17.4. The van der Waals surface area contributed by atoms with Gasteiger partial charge in [0.25, 0.3) is 5.56 Å². The van der Waals surface area contributed by atoms with Crippen LogP contribution in [0.2, 0.25) is 0 Å². The van der Waals surface area contributed by atoms with Crippen molar-refractivity contribution in [2.45, 2.75) is 45.1 Å². The molecule has 0 spiro atoms. The number of nitrogens with zero attached hydrogens (tertiary/aromatic N) is 2. The SMILES string of the molecule is CC[C@@]1(O)C(=O)OCc2c1cc1n(c2=O)Cc2c-1nc1ccc(OC)cc1c2[C@H](C)O. The lowest BCUT2D eigenvalue weighted by molar-refractivity contribution is -0.172. The van der Waals surface area contributed by atoms with Crippen LogP contribution in [0.1, 0.15) is 48.6 Å². The maximum absolute atomic E-state index is 13.3. The van der Waals surface area contributed by atoms with E-state index in [-0.39, 0.29) is 36.3 Å². The highest BCUT2D eigenvalue weighted by Gasteiger charge is 2.45. The largest absolute Gasteiger partial charge is 0.497 e. The molecule has 1 aromatic carbocycles. The van der Waals surface area contributed by atoms with E-state index in [1.54, 1.807) is 43.7 Å². The summed E-state index contributed by atoms with van der Waals surface area (Å²) in [5.74, 6) is -0.115. The van der Waals surface area contributed by atoms with Crippen molar-refractivity contribution in [1.29, 1.82) is 0 Å². The van der Waals surface area contributed by atoms with E-state index in [2.05, 4.69) is 0 Å². The van der Waals surface area contributed by atoms with E-state index >= 15 is 0 Å². The number of rotatable bonds is 3. The molecule has 0 unspecified atom stereocenters. The summed E-state index contributed by atoms with van der Waals surface area (Å²) in [6.45, 7) is 3.39. The number of hydrogen-bond donors (Lipinski definition) is 2. The first-order valence-electron chi connectivity index (χ1n) is 10.2. The lowest BCUT2D eigenvalue weighted by Crippen LogP contribution is -2.44. The van der Waals surface area contributed by atoms with Crippen LogP contribution in [0.3, 0.4) is 0 Å². The summed E-state index contributed by atoms with van der Waals surface area (Å²) < 4.78 is 12.0. The first-order chi connectivity index (χ1) is 14.8. The van der Waals surface area contributed by atoms with Gasteiger partial charge in [-0.25, -0.2) is 9.78 Å². The number of methoxy groups -OCH3 is 1. The molecule has 160 valence electrons. The van der Waals surface area contributed by atoms with E-state index in [0.29, 0.717) is 28.2 Å². The van der Waals surface area contributed by atoms with E-state index in [4.69, 9.17) is 14.5 Å². The molecule has 8 nitrogen and oxygen atoms in total. The van der Waals surface area contributed by atoms with Gasteiger partial charge in [0.15, 0.2) is 5.60 Å². The number of ether oxygens (including phenoxy) is 2. The van der Waals surface area contributed by atoms with Crippen molar-refractivity contribution in [3.63, 3.8) is 0 Å². The molecule has 0 saturated heterocycles. The highest BCUT2D eigenvalue weighted by Crippen LogP contribution is 2.42. The predicted molar refractivity (Wildman–Crippen MR) is 112 cm³/mol. The van der Waals surface area contributed by atoms with Crippen LogP contribution < -0.4 is 10.3 Å². The second-order valence-electron chi connectivity index (χ2n) is 8.01. The monoisotopic (exact) mass is 422 g/mol. The average molecular weight is 422 g/mol. The summed E-state index contributed by atoms with van der Waals surface area (Å²) >= 11 is 0. The molecule has 0 radical (unpaired) electrons. The minimum Gasteiger partial charge on any atom is -0.497 e. The molecule has 2 N–H and O–H groups in total. The highest BCUT2D eigenvalue weighted by molar-refractivity contribution is 5.90. The first-order valence-corrected chi connectivity index (χ1v) is 10.2. The van der Waals surface area contributed by atoms with Gasteiger partial charge in [-0.3, -0.25) is 4.79 Å². The van der Waals surface area contributed by atoms with E-state index in [1.807, 2.05) is 6.07 Å². The number of carbonyl (C=O) groups is 1. The second-order valence-corrected chi connectivity index (χ2v) is 8.01. The number of pyridine rings is 2. The molecule has 2 aliphatic heterocycles. The van der Waals surface area contributed by atoms with Crippen molar-refractivity contribution in [2.24, 2.45) is 0 Å². The van der Waals surface area contributed by atoms with E-state index in [0.717, 1.165) is 10.9 Å². The summed E-state index contributed by atoms with van der Waals surface area (Å²) in [4.78, 5) is 30.4. The van der Waals surface area contributed by atoms with Crippen LogP contribution in [-0.2, 0) is 28.3 Å². The second kappa shape index (κ2) is 6.63. The Morgan fingerprint density at radius 2 is 2.06 bits per heavy atom. The number of aliphatic hydroxyl groups is 2. The molecule has 2 atom stereocenters. The number of aromatic nitrogens is 2. The molecule has 0 amide bonds. The molecular formula is C23H22N2O6. The molecule has 0 saturated carbocycles. The Labute approximate surface area is 177 Å². The van der Waals surface area contributed by atoms with Crippen molar-refractivity contribution in [2.75, 3.05) is 7.11 Å². The van der Waals surface area contributed by atoms with Crippen molar-refractivity contribution in [1.82, 2.24) is 9.55 Å². The lowest BCUT2D eigenvalue weighted by Gasteiger charge is -2.31. The standard InChI is InChI=1S/C23H22N2O6/c1-4-23(29)16-8-18-20-14(9-25(18)21(27)15(16)10-31-22(23)28)19(11(2)26)13-7-12(30-3)5-6-17(13)24-20/h5-8,11,26,29H,4,9-10H2,1-3H3/t11-,23-/m0/s1. The third kappa shape index (κ3) is 2.58. The Morgan fingerprint density at radius 1 is 1.29 bits per heavy atom. The van der Waals surface area contributed by atoms with Crippen molar-refractivity contribution < 1.29 is 24.5 Å². The van der Waals surface area contributed by atoms with Gasteiger partial charge in [0.2, 0.25) is 0 Å². The predicted octanol–water partition coefficient (Wildman–Crippen LogP) is 2.14. The topological polar surface area (TPSA) is 111 Å². The average Bonchev–Trinajstić information content (AvgIpc) is 3.12. The fourth-order valence-electron chi connectivity index (χ4n) is 4.69. The summed E-state index contributed by atoms with van der Waals surface area (Å²) in [5.41, 5.74) is 1.48. The van der Waals surface area contributed by atoms with Crippen LogP contribution in [0, 0.1) is 0 Å². The molecule has 8 heteroatoms. The smallest absolute Gasteiger partial charge is 0.343 e. The summed E-state index contributed by atoms with van der Waals surface area (Å²) in [6.07, 6.45) is -0.721. The number of aliphatic hydroxyl groups excluding tert-OH is 1.